The van der Waals surface area contributed by atoms with Gasteiger partial charge in [-0.2, -0.15) is 11.8 Å². The summed E-state index contributed by atoms with van der Waals surface area (Å²) in [5.41, 5.74) is -0.169. The fourth-order valence-electron chi connectivity index (χ4n) is 1.76. The first-order valence-electron chi connectivity index (χ1n) is 4.92. The van der Waals surface area contributed by atoms with Crippen LogP contribution in [0, 0.1) is 0 Å². The molecule has 14 heavy (non-hydrogen) atoms. The third-order valence-electron chi connectivity index (χ3n) is 2.58. The van der Waals surface area contributed by atoms with Crippen molar-refractivity contribution >= 4 is 21.6 Å². The molecule has 1 saturated heterocycles. The zero-order valence-corrected chi connectivity index (χ0v) is 10.5. The Kier molecular flexibility index (Phi) is 4.28. The standard InChI is InChI=1S/C9H19NO2S2/c1-9(10-5-3-6-13-2)4-7-14(11,12)8-9/h10H,3-8H2,1-2H3. The minimum atomic E-state index is -2.76. The molecule has 1 unspecified atom stereocenters. The summed E-state index contributed by atoms with van der Waals surface area (Å²) in [6.45, 7) is 2.93. The molecular formula is C9H19NO2S2. The highest BCUT2D eigenvalue weighted by Gasteiger charge is 2.37. The van der Waals surface area contributed by atoms with Crippen molar-refractivity contribution in [2.45, 2.75) is 25.3 Å². The van der Waals surface area contributed by atoms with E-state index in [2.05, 4.69) is 11.6 Å². The molecule has 0 bridgehead atoms. The van der Waals surface area contributed by atoms with Crippen LogP contribution >= 0.6 is 11.8 Å². The quantitative estimate of drug-likeness (QED) is 0.722. The van der Waals surface area contributed by atoms with Gasteiger partial charge in [-0.25, -0.2) is 8.42 Å². The van der Waals surface area contributed by atoms with Crippen LogP contribution in [0.4, 0.5) is 0 Å². The van der Waals surface area contributed by atoms with E-state index in [9.17, 15) is 8.42 Å². The average molecular weight is 237 g/mol. The van der Waals surface area contributed by atoms with Crippen molar-refractivity contribution in [3.8, 4) is 0 Å². The number of sulfone groups is 1. The molecule has 0 amide bonds. The lowest BCUT2D eigenvalue weighted by Gasteiger charge is -2.23. The van der Waals surface area contributed by atoms with Crippen LogP contribution in [0.2, 0.25) is 0 Å². The summed E-state index contributed by atoms with van der Waals surface area (Å²) in [6.07, 6.45) is 3.95. The second-order valence-corrected chi connectivity index (χ2v) is 7.35. The van der Waals surface area contributed by atoms with Crippen LogP contribution in [0.5, 0.6) is 0 Å². The zero-order chi connectivity index (χ0) is 10.7. The van der Waals surface area contributed by atoms with Crippen LogP contribution in [0.15, 0.2) is 0 Å². The summed E-state index contributed by atoms with van der Waals surface area (Å²) in [4.78, 5) is 0. The molecule has 0 aromatic heterocycles. The van der Waals surface area contributed by atoms with Gasteiger partial charge in [0.25, 0.3) is 0 Å². The molecule has 0 saturated carbocycles. The largest absolute Gasteiger partial charge is 0.310 e. The van der Waals surface area contributed by atoms with Gasteiger partial charge in [-0.1, -0.05) is 0 Å². The van der Waals surface area contributed by atoms with Gasteiger partial charge in [-0.3, -0.25) is 0 Å². The molecule has 84 valence electrons. The fraction of sp³-hybridized carbons (Fsp3) is 1.00. The number of rotatable bonds is 5. The molecule has 0 spiro atoms. The summed E-state index contributed by atoms with van der Waals surface area (Å²) in [5, 5.41) is 3.36. The Bertz CT molecular complexity index is 277. The lowest BCUT2D eigenvalue weighted by atomic mass is 10.0. The van der Waals surface area contributed by atoms with Crippen LogP contribution < -0.4 is 5.32 Å². The smallest absolute Gasteiger partial charge is 0.152 e. The van der Waals surface area contributed by atoms with Crippen molar-refractivity contribution in [2.24, 2.45) is 0 Å². The first-order chi connectivity index (χ1) is 6.47. The minimum Gasteiger partial charge on any atom is -0.310 e. The predicted molar refractivity (Wildman–Crippen MR) is 62.7 cm³/mol. The molecule has 0 aromatic carbocycles. The van der Waals surface area contributed by atoms with Crippen LogP contribution in [0.25, 0.3) is 0 Å². The van der Waals surface area contributed by atoms with E-state index in [4.69, 9.17) is 0 Å². The van der Waals surface area contributed by atoms with E-state index in [0.29, 0.717) is 11.5 Å². The number of hydrogen-bond acceptors (Lipinski definition) is 4. The Morgan fingerprint density at radius 2 is 2.21 bits per heavy atom. The molecule has 1 aliphatic heterocycles. The van der Waals surface area contributed by atoms with E-state index in [1.54, 1.807) is 0 Å². The van der Waals surface area contributed by atoms with Crippen molar-refractivity contribution in [1.82, 2.24) is 5.32 Å². The monoisotopic (exact) mass is 237 g/mol. The van der Waals surface area contributed by atoms with Gasteiger partial charge in [0, 0.05) is 5.54 Å². The van der Waals surface area contributed by atoms with Gasteiger partial charge in [-0.15, -0.1) is 0 Å². The maximum Gasteiger partial charge on any atom is 0.152 e. The molecule has 1 fully saturated rings. The molecule has 1 aliphatic rings. The Morgan fingerprint density at radius 1 is 1.50 bits per heavy atom. The summed E-state index contributed by atoms with van der Waals surface area (Å²) in [7, 11) is -2.76. The lowest BCUT2D eigenvalue weighted by Crippen LogP contribution is -2.43. The Morgan fingerprint density at radius 3 is 2.71 bits per heavy atom. The molecule has 0 aromatic rings. The third kappa shape index (κ3) is 3.79. The number of thioether (sulfide) groups is 1. The summed E-state index contributed by atoms with van der Waals surface area (Å²) in [6, 6.07) is 0. The van der Waals surface area contributed by atoms with Crippen molar-refractivity contribution < 1.29 is 8.42 Å². The average Bonchev–Trinajstić information content (AvgIpc) is 2.36. The molecule has 3 nitrogen and oxygen atoms in total. The molecule has 0 radical (unpaired) electrons. The van der Waals surface area contributed by atoms with E-state index >= 15 is 0 Å². The van der Waals surface area contributed by atoms with Crippen LogP contribution in [0.3, 0.4) is 0 Å². The summed E-state index contributed by atoms with van der Waals surface area (Å²) >= 11 is 1.82. The first kappa shape index (κ1) is 12.3. The van der Waals surface area contributed by atoms with Gasteiger partial charge in [0.1, 0.15) is 0 Å². The topological polar surface area (TPSA) is 46.2 Å². The minimum absolute atomic E-state index is 0.169. The van der Waals surface area contributed by atoms with Gasteiger partial charge in [0.2, 0.25) is 0 Å². The summed E-state index contributed by atoms with van der Waals surface area (Å²) < 4.78 is 22.6. The van der Waals surface area contributed by atoms with E-state index in [1.165, 1.54) is 0 Å². The maximum atomic E-state index is 11.3. The van der Waals surface area contributed by atoms with E-state index in [0.717, 1.165) is 25.1 Å². The van der Waals surface area contributed by atoms with E-state index in [1.807, 2.05) is 18.7 Å². The Labute approximate surface area is 91.0 Å². The highest BCUT2D eigenvalue weighted by molar-refractivity contribution is 7.98. The van der Waals surface area contributed by atoms with Gasteiger partial charge in [0.15, 0.2) is 9.84 Å². The fourth-order valence-corrected chi connectivity index (χ4v) is 4.31. The second-order valence-electron chi connectivity index (χ2n) is 4.18. The molecular weight excluding hydrogens is 218 g/mol. The van der Waals surface area contributed by atoms with Gasteiger partial charge in [-0.05, 0) is 38.3 Å². The molecule has 1 atom stereocenters. The number of nitrogens with one attached hydrogen (secondary N) is 1. The van der Waals surface area contributed by atoms with Gasteiger partial charge < -0.3 is 5.32 Å². The molecule has 1 heterocycles. The van der Waals surface area contributed by atoms with E-state index < -0.39 is 9.84 Å². The van der Waals surface area contributed by atoms with Crippen LogP contribution in [-0.4, -0.2) is 44.0 Å². The van der Waals surface area contributed by atoms with Crippen molar-refractivity contribution in [3.05, 3.63) is 0 Å². The van der Waals surface area contributed by atoms with E-state index in [-0.39, 0.29) is 5.54 Å². The molecule has 0 aliphatic carbocycles. The summed E-state index contributed by atoms with van der Waals surface area (Å²) in [5.74, 6) is 1.79. The van der Waals surface area contributed by atoms with Crippen molar-refractivity contribution in [3.63, 3.8) is 0 Å². The van der Waals surface area contributed by atoms with Crippen molar-refractivity contribution in [2.75, 3.05) is 30.1 Å². The Balaban J connectivity index is 2.30. The van der Waals surface area contributed by atoms with Gasteiger partial charge in [0.05, 0.1) is 11.5 Å². The molecule has 5 heteroatoms. The van der Waals surface area contributed by atoms with Crippen LogP contribution in [-0.2, 0) is 9.84 Å². The normalized spacial score (nSPS) is 30.7. The predicted octanol–water partition coefficient (Wildman–Crippen LogP) is 0.906. The molecule has 1 rings (SSSR count). The highest BCUT2D eigenvalue weighted by Crippen LogP contribution is 2.22. The lowest BCUT2D eigenvalue weighted by molar-refractivity contribution is 0.399. The third-order valence-corrected chi connectivity index (χ3v) is 5.18. The second kappa shape index (κ2) is 4.86. The number of hydrogen-bond donors (Lipinski definition) is 1. The molecule has 1 N–H and O–H groups in total. The highest BCUT2D eigenvalue weighted by atomic mass is 32.2. The van der Waals surface area contributed by atoms with Crippen LogP contribution in [0.1, 0.15) is 19.8 Å². The van der Waals surface area contributed by atoms with Gasteiger partial charge >= 0.3 is 0 Å². The SMILES string of the molecule is CSCCCNC1(C)CCS(=O)(=O)C1. The zero-order valence-electron chi connectivity index (χ0n) is 8.88. The maximum absolute atomic E-state index is 11.3. The van der Waals surface area contributed by atoms with Crippen molar-refractivity contribution in [1.29, 1.82) is 0 Å². The first-order valence-corrected chi connectivity index (χ1v) is 8.13. The Hall–Kier alpha value is 0.260.